The van der Waals surface area contributed by atoms with E-state index >= 15 is 0 Å². The van der Waals surface area contributed by atoms with E-state index in [1.807, 2.05) is 6.20 Å². The van der Waals surface area contributed by atoms with Crippen LogP contribution in [0.15, 0.2) is 12.3 Å². The Morgan fingerprint density at radius 3 is 3.05 bits per heavy atom. The highest BCUT2D eigenvalue weighted by Gasteiger charge is 2.82. The highest BCUT2D eigenvalue weighted by Crippen LogP contribution is 2.73. The van der Waals surface area contributed by atoms with Crippen LogP contribution in [0.5, 0.6) is 0 Å². The Kier molecular flexibility index (Phi) is 1.77. The zero-order chi connectivity index (χ0) is 13.7. The van der Waals surface area contributed by atoms with E-state index in [0.717, 1.165) is 32.2 Å². The fourth-order valence-electron chi connectivity index (χ4n) is 6.53. The molecule has 0 radical (unpaired) electrons. The van der Waals surface area contributed by atoms with Crippen molar-refractivity contribution in [2.75, 3.05) is 6.54 Å². The first-order valence-electron chi connectivity index (χ1n) is 7.82. The first kappa shape index (κ1) is 11.4. The second kappa shape index (κ2) is 3.12. The number of rotatable bonds is 0. The molecule has 4 nitrogen and oxygen atoms in total. The molecule has 5 aliphatic rings. The van der Waals surface area contributed by atoms with E-state index in [0.29, 0.717) is 11.8 Å². The van der Waals surface area contributed by atoms with Crippen LogP contribution in [0.2, 0.25) is 0 Å². The van der Waals surface area contributed by atoms with Gasteiger partial charge in [-0.1, -0.05) is 6.92 Å². The topological polar surface area (TPSA) is 46.6 Å². The Morgan fingerprint density at radius 2 is 2.25 bits per heavy atom. The van der Waals surface area contributed by atoms with E-state index in [2.05, 4.69) is 11.8 Å². The normalized spacial score (nSPS) is 55.0. The average molecular weight is 273 g/mol. The number of hydrogen-bond donors (Lipinski definition) is 0. The molecule has 5 rings (SSSR count). The van der Waals surface area contributed by atoms with E-state index in [9.17, 15) is 9.59 Å². The number of carbonyl (C=O) groups is 2. The number of piperidine rings is 1. The number of ether oxygens (including phenoxy) is 1. The molecular weight excluding hydrogens is 254 g/mol. The summed E-state index contributed by atoms with van der Waals surface area (Å²) in [6, 6.07) is 0. The predicted molar refractivity (Wildman–Crippen MR) is 70.5 cm³/mol. The van der Waals surface area contributed by atoms with Crippen LogP contribution in [0.1, 0.15) is 32.6 Å². The zero-order valence-electron chi connectivity index (χ0n) is 11.7. The van der Waals surface area contributed by atoms with E-state index in [1.54, 1.807) is 6.08 Å². The van der Waals surface area contributed by atoms with Crippen molar-refractivity contribution in [3.05, 3.63) is 12.3 Å². The maximum atomic E-state index is 12.9. The monoisotopic (exact) mass is 273 g/mol. The van der Waals surface area contributed by atoms with Gasteiger partial charge in [-0.25, -0.2) is 0 Å². The summed E-state index contributed by atoms with van der Waals surface area (Å²) in [7, 11) is 0. The fourth-order valence-corrected chi connectivity index (χ4v) is 6.53. The quantitative estimate of drug-likeness (QED) is 0.628. The van der Waals surface area contributed by atoms with Crippen molar-refractivity contribution in [1.29, 1.82) is 0 Å². The number of allylic oxidation sites excluding steroid dienone is 1. The van der Waals surface area contributed by atoms with Crippen molar-refractivity contribution in [3.8, 4) is 0 Å². The summed E-state index contributed by atoms with van der Waals surface area (Å²) in [6.45, 7) is 3.17. The van der Waals surface area contributed by atoms with Gasteiger partial charge in [-0.05, 0) is 37.7 Å². The smallest absolute Gasteiger partial charge is 0.310 e. The van der Waals surface area contributed by atoms with E-state index in [1.165, 1.54) is 0 Å². The van der Waals surface area contributed by atoms with Gasteiger partial charge >= 0.3 is 5.97 Å². The number of hydrogen-bond acceptors (Lipinski definition) is 4. The maximum Gasteiger partial charge on any atom is 0.310 e. The largest absolute Gasteiger partial charge is 0.462 e. The van der Waals surface area contributed by atoms with Crippen LogP contribution < -0.4 is 0 Å². The molecule has 20 heavy (non-hydrogen) atoms. The van der Waals surface area contributed by atoms with Gasteiger partial charge in [0.2, 0.25) is 0 Å². The lowest BCUT2D eigenvalue weighted by Gasteiger charge is -2.74. The number of ketones is 1. The minimum atomic E-state index is -0.489. The molecule has 0 aromatic heterocycles. The number of nitrogens with zero attached hydrogens (tertiary/aromatic N) is 1. The summed E-state index contributed by atoms with van der Waals surface area (Å²) >= 11 is 0. The molecule has 0 aromatic rings. The average Bonchev–Trinajstić information content (AvgIpc) is 2.76. The number of esters is 1. The van der Waals surface area contributed by atoms with Crippen molar-refractivity contribution in [1.82, 2.24) is 4.90 Å². The van der Waals surface area contributed by atoms with Crippen molar-refractivity contribution in [3.63, 3.8) is 0 Å². The second-order valence-corrected chi connectivity index (χ2v) is 7.28. The SMILES string of the molecule is CC1CC23C4CCCN2C=CC(=O)C13C1CC4OC1=O. The third-order valence-electron chi connectivity index (χ3n) is 6.98. The van der Waals surface area contributed by atoms with Gasteiger partial charge in [0, 0.05) is 18.7 Å². The van der Waals surface area contributed by atoms with Crippen molar-refractivity contribution in [2.45, 2.75) is 44.2 Å². The van der Waals surface area contributed by atoms with Crippen molar-refractivity contribution in [2.24, 2.45) is 23.2 Å². The molecule has 0 aromatic carbocycles. The molecule has 2 bridgehead atoms. The Morgan fingerprint density at radius 1 is 1.40 bits per heavy atom. The molecule has 4 heteroatoms. The number of carbonyl (C=O) groups excluding carboxylic acids is 2. The van der Waals surface area contributed by atoms with Crippen LogP contribution in [0.25, 0.3) is 0 Å². The zero-order valence-corrected chi connectivity index (χ0v) is 11.7. The van der Waals surface area contributed by atoms with Crippen LogP contribution >= 0.6 is 0 Å². The van der Waals surface area contributed by atoms with Crippen molar-refractivity contribution >= 4 is 11.8 Å². The summed E-state index contributed by atoms with van der Waals surface area (Å²) in [5, 5.41) is 0. The third kappa shape index (κ3) is 0.845. The summed E-state index contributed by atoms with van der Waals surface area (Å²) in [5.41, 5.74) is -0.604. The van der Waals surface area contributed by atoms with Crippen LogP contribution in [0.3, 0.4) is 0 Å². The van der Waals surface area contributed by atoms with E-state index in [-0.39, 0.29) is 29.3 Å². The molecule has 6 unspecified atom stereocenters. The maximum absolute atomic E-state index is 12.9. The first-order valence-corrected chi connectivity index (χ1v) is 7.82. The molecule has 4 fully saturated rings. The molecule has 6 atom stereocenters. The molecule has 2 saturated carbocycles. The van der Waals surface area contributed by atoms with Gasteiger partial charge in [-0.3, -0.25) is 9.59 Å². The summed E-state index contributed by atoms with van der Waals surface area (Å²) < 4.78 is 5.68. The molecule has 2 saturated heterocycles. The molecule has 0 amide bonds. The van der Waals surface area contributed by atoms with E-state index in [4.69, 9.17) is 4.74 Å². The van der Waals surface area contributed by atoms with Crippen LogP contribution in [0.4, 0.5) is 0 Å². The van der Waals surface area contributed by atoms with Crippen LogP contribution in [-0.2, 0) is 14.3 Å². The van der Waals surface area contributed by atoms with Gasteiger partial charge in [0.25, 0.3) is 0 Å². The molecule has 2 aliphatic carbocycles. The van der Waals surface area contributed by atoms with Crippen LogP contribution in [-0.4, -0.2) is 34.8 Å². The summed E-state index contributed by atoms with van der Waals surface area (Å²) in [6.07, 6.45) is 7.80. The van der Waals surface area contributed by atoms with Crippen molar-refractivity contribution < 1.29 is 14.3 Å². The summed E-state index contributed by atoms with van der Waals surface area (Å²) in [5.74, 6) is 0.509. The Bertz CT molecular complexity index is 570. The highest BCUT2D eigenvalue weighted by atomic mass is 16.6. The fraction of sp³-hybridized carbons (Fsp3) is 0.750. The lowest BCUT2D eigenvalue weighted by Crippen LogP contribution is -2.82. The van der Waals surface area contributed by atoms with Gasteiger partial charge < -0.3 is 9.64 Å². The van der Waals surface area contributed by atoms with Gasteiger partial charge in [0.15, 0.2) is 5.78 Å². The van der Waals surface area contributed by atoms with E-state index < -0.39 is 5.41 Å². The standard InChI is InChI=1S/C16H19NO3/c1-9-8-15-10-3-2-5-17(15)6-4-13(18)16(9,15)11-7-12(10)20-14(11)19/h4,6,9-12H,2-3,5,7-8H2,1H3. The lowest BCUT2D eigenvalue weighted by molar-refractivity contribution is -0.236. The Balaban J connectivity index is 1.81. The van der Waals surface area contributed by atoms with Gasteiger partial charge in [0.05, 0.1) is 16.9 Å². The van der Waals surface area contributed by atoms with Gasteiger partial charge in [-0.2, -0.15) is 0 Å². The molecule has 106 valence electrons. The second-order valence-electron chi connectivity index (χ2n) is 7.28. The third-order valence-corrected chi connectivity index (χ3v) is 6.98. The minimum Gasteiger partial charge on any atom is -0.462 e. The first-order chi connectivity index (χ1) is 9.62. The Labute approximate surface area is 118 Å². The molecular formula is C16H19NO3. The minimum absolute atomic E-state index is 0.0511. The molecule has 3 heterocycles. The number of fused-ring (bicyclic) bond motifs is 3. The highest BCUT2D eigenvalue weighted by molar-refractivity contribution is 6.02. The van der Waals surface area contributed by atoms with Gasteiger partial charge in [0.1, 0.15) is 6.10 Å². The lowest BCUT2D eigenvalue weighted by atomic mass is 9.34. The molecule has 0 N–H and O–H groups in total. The van der Waals surface area contributed by atoms with Crippen LogP contribution in [0, 0.1) is 23.2 Å². The molecule has 1 spiro atoms. The Hall–Kier alpha value is -1.32. The summed E-state index contributed by atoms with van der Waals surface area (Å²) in [4.78, 5) is 27.6. The predicted octanol–water partition coefficient (Wildman–Crippen LogP) is 1.51. The molecule has 3 aliphatic heterocycles. The van der Waals surface area contributed by atoms with Gasteiger partial charge in [-0.15, -0.1) is 0 Å².